The summed E-state index contributed by atoms with van der Waals surface area (Å²) in [5.74, 6) is 1.17. The van der Waals surface area contributed by atoms with E-state index in [1.165, 1.54) is 12.1 Å². The predicted octanol–water partition coefficient (Wildman–Crippen LogP) is 3.90. The van der Waals surface area contributed by atoms with Gasteiger partial charge in [0.2, 0.25) is 5.91 Å². The van der Waals surface area contributed by atoms with Crippen molar-refractivity contribution >= 4 is 5.91 Å². The van der Waals surface area contributed by atoms with Gasteiger partial charge in [0.1, 0.15) is 23.9 Å². The van der Waals surface area contributed by atoms with Crippen LogP contribution in [0.15, 0.2) is 71.3 Å². The maximum absolute atomic E-state index is 13.4. The van der Waals surface area contributed by atoms with Gasteiger partial charge in [0, 0.05) is 18.6 Å². The van der Waals surface area contributed by atoms with E-state index in [2.05, 4.69) is 5.32 Å². The van der Waals surface area contributed by atoms with Crippen molar-refractivity contribution in [2.75, 3.05) is 19.6 Å². The number of benzene rings is 2. The molecule has 1 amide bonds. The van der Waals surface area contributed by atoms with Gasteiger partial charge in [-0.15, -0.1) is 0 Å². The first-order chi connectivity index (χ1) is 15.8. The summed E-state index contributed by atoms with van der Waals surface area (Å²) in [6.07, 6.45) is 2.36. The van der Waals surface area contributed by atoms with Gasteiger partial charge in [-0.1, -0.05) is 24.3 Å². The number of hydrogen-bond acceptors (Lipinski definition) is 5. The molecule has 0 fully saturated rings. The maximum Gasteiger partial charge on any atom is 0.234 e. The molecule has 1 aromatic heterocycles. The van der Waals surface area contributed by atoms with E-state index in [1.807, 2.05) is 61.2 Å². The van der Waals surface area contributed by atoms with Gasteiger partial charge in [0.05, 0.1) is 19.4 Å². The molecule has 0 atom stereocenters. The molecule has 7 heteroatoms. The number of carbonyl (C=O) groups excluding carboxylic acids is 1. The second kappa shape index (κ2) is 11.6. The predicted molar refractivity (Wildman–Crippen MR) is 126 cm³/mol. The zero-order valence-electron chi connectivity index (χ0n) is 19.2. The van der Waals surface area contributed by atoms with Crippen LogP contribution in [0.5, 0.6) is 5.75 Å². The molecule has 0 aliphatic carbocycles. The summed E-state index contributed by atoms with van der Waals surface area (Å²) in [5, 5.41) is 2.89. The van der Waals surface area contributed by atoms with Crippen LogP contribution in [0.25, 0.3) is 0 Å². The van der Waals surface area contributed by atoms with Gasteiger partial charge in [-0.05, 0) is 67.8 Å². The quantitative estimate of drug-likeness (QED) is 0.435. The van der Waals surface area contributed by atoms with Crippen LogP contribution >= 0.6 is 0 Å². The number of nitrogens with two attached hydrogens (primary N) is 1. The smallest absolute Gasteiger partial charge is 0.234 e. The van der Waals surface area contributed by atoms with Crippen LogP contribution in [0.2, 0.25) is 0 Å². The topological polar surface area (TPSA) is 80.7 Å². The highest BCUT2D eigenvalue weighted by atomic mass is 19.1. The monoisotopic (exact) mass is 453 g/mol. The largest absolute Gasteiger partial charge is 0.489 e. The zero-order chi connectivity index (χ0) is 23.7. The van der Waals surface area contributed by atoms with Crippen LogP contribution < -0.4 is 15.8 Å². The molecule has 0 aliphatic rings. The highest BCUT2D eigenvalue weighted by Crippen LogP contribution is 2.17. The molecule has 0 bridgehead atoms. The van der Waals surface area contributed by atoms with E-state index >= 15 is 0 Å². The van der Waals surface area contributed by atoms with Crippen LogP contribution in [0.3, 0.4) is 0 Å². The van der Waals surface area contributed by atoms with Crippen molar-refractivity contribution in [1.82, 2.24) is 10.2 Å². The number of nitrogens with one attached hydrogen (secondary N) is 1. The fourth-order valence-corrected chi connectivity index (χ4v) is 3.29. The Morgan fingerprint density at radius 1 is 1.12 bits per heavy atom. The maximum atomic E-state index is 13.4. The van der Waals surface area contributed by atoms with Gasteiger partial charge in [0.15, 0.2) is 0 Å². The number of halogens is 1. The Bertz CT molecular complexity index is 1020. The lowest BCUT2D eigenvalue weighted by Crippen LogP contribution is -2.47. The van der Waals surface area contributed by atoms with E-state index in [9.17, 15) is 9.18 Å². The van der Waals surface area contributed by atoms with Gasteiger partial charge >= 0.3 is 0 Å². The molecule has 0 aliphatic heterocycles. The molecule has 1 heterocycles. The molecular weight excluding hydrogens is 421 g/mol. The van der Waals surface area contributed by atoms with E-state index in [1.54, 1.807) is 12.3 Å². The minimum Gasteiger partial charge on any atom is -0.489 e. The number of rotatable bonds is 12. The Labute approximate surface area is 194 Å². The van der Waals surface area contributed by atoms with Crippen LogP contribution in [0.1, 0.15) is 30.7 Å². The summed E-state index contributed by atoms with van der Waals surface area (Å²) >= 11 is 0. The SMILES string of the molecule is CC(C)(N)CNC(=O)CN(CCc1cccc(OCc2cccc(F)c2)c1)Cc1ccco1. The Hall–Kier alpha value is -3.16. The highest BCUT2D eigenvalue weighted by Gasteiger charge is 2.16. The van der Waals surface area contributed by atoms with E-state index in [0.29, 0.717) is 26.2 Å². The van der Waals surface area contributed by atoms with Crippen molar-refractivity contribution in [2.45, 2.75) is 39.0 Å². The van der Waals surface area contributed by atoms with E-state index in [-0.39, 0.29) is 18.3 Å². The summed E-state index contributed by atoms with van der Waals surface area (Å²) in [6, 6.07) is 17.9. The average Bonchev–Trinajstić information content (AvgIpc) is 3.28. The fourth-order valence-electron chi connectivity index (χ4n) is 3.29. The van der Waals surface area contributed by atoms with Crippen LogP contribution in [-0.2, 0) is 24.4 Å². The molecule has 2 aromatic carbocycles. The van der Waals surface area contributed by atoms with E-state index in [0.717, 1.165) is 29.1 Å². The molecule has 3 rings (SSSR count). The standard InChI is InChI=1S/C26H32FN3O3/c1-26(2,28)19-29-25(31)17-30(16-24-10-5-13-32-24)12-11-20-6-4-9-23(15-20)33-18-21-7-3-8-22(27)14-21/h3-10,13-15H,11-12,16-19,28H2,1-2H3,(H,29,31). The van der Waals surface area contributed by atoms with Crippen molar-refractivity contribution in [3.05, 3.63) is 89.6 Å². The second-order valence-corrected chi connectivity index (χ2v) is 8.87. The lowest BCUT2D eigenvalue weighted by atomic mass is 10.1. The highest BCUT2D eigenvalue weighted by molar-refractivity contribution is 5.78. The number of furan rings is 1. The van der Waals surface area contributed by atoms with Crippen molar-refractivity contribution in [1.29, 1.82) is 0 Å². The number of carbonyl (C=O) groups is 1. The molecule has 0 saturated heterocycles. The van der Waals surface area contributed by atoms with Crippen molar-refractivity contribution < 1.29 is 18.3 Å². The lowest BCUT2D eigenvalue weighted by molar-refractivity contribution is -0.122. The summed E-state index contributed by atoms with van der Waals surface area (Å²) in [7, 11) is 0. The minimum atomic E-state index is -0.465. The normalized spacial score (nSPS) is 11.5. The summed E-state index contributed by atoms with van der Waals surface area (Å²) in [5.41, 5.74) is 7.36. The number of nitrogens with zero attached hydrogens (tertiary/aromatic N) is 1. The molecule has 0 radical (unpaired) electrons. The fraction of sp³-hybridized carbons (Fsp3) is 0.346. The van der Waals surface area contributed by atoms with Gasteiger partial charge < -0.3 is 20.2 Å². The molecule has 0 unspecified atom stereocenters. The van der Waals surface area contributed by atoms with Crippen LogP contribution in [0.4, 0.5) is 4.39 Å². The van der Waals surface area contributed by atoms with Gasteiger partial charge in [-0.3, -0.25) is 9.69 Å². The van der Waals surface area contributed by atoms with Crippen LogP contribution in [-0.4, -0.2) is 36.0 Å². The Balaban J connectivity index is 1.57. The lowest BCUT2D eigenvalue weighted by Gasteiger charge is -2.23. The Morgan fingerprint density at radius 2 is 1.91 bits per heavy atom. The third-order valence-electron chi connectivity index (χ3n) is 4.98. The molecule has 3 aromatic rings. The van der Waals surface area contributed by atoms with Crippen molar-refractivity contribution in [3.8, 4) is 5.75 Å². The molecule has 0 saturated carbocycles. The summed E-state index contributed by atoms with van der Waals surface area (Å²) in [6.45, 7) is 5.88. The van der Waals surface area contributed by atoms with E-state index in [4.69, 9.17) is 14.9 Å². The number of ether oxygens (including phenoxy) is 1. The van der Waals surface area contributed by atoms with Gasteiger partial charge in [-0.2, -0.15) is 0 Å². The average molecular weight is 454 g/mol. The van der Waals surface area contributed by atoms with E-state index < -0.39 is 5.54 Å². The third-order valence-corrected chi connectivity index (χ3v) is 4.98. The molecule has 176 valence electrons. The van der Waals surface area contributed by atoms with Crippen LogP contribution in [0, 0.1) is 5.82 Å². The van der Waals surface area contributed by atoms with Gasteiger partial charge in [-0.25, -0.2) is 4.39 Å². The third kappa shape index (κ3) is 9.08. The van der Waals surface area contributed by atoms with Gasteiger partial charge in [0.25, 0.3) is 0 Å². The summed E-state index contributed by atoms with van der Waals surface area (Å²) < 4.78 is 24.7. The molecule has 33 heavy (non-hydrogen) atoms. The first kappa shape index (κ1) is 24.5. The van der Waals surface area contributed by atoms with Crippen molar-refractivity contribution in [2.24, 2.45) is 5.73 Å². The van der Waals surface area contributed by atoms with Crippen molar-refractivity contribution in [3.63, 3.8) is 0 Å². The number of hydrogen-bond donors (Lipinski definition) is 2. The Morgan fingerprint density at radius 3 is 2.64 bits per heavy atom. The minimum absolute atomic E-state index is 0.0766. The Kier molecular flexibility index (Phi) is 8.63. The first-order valence-electron chi connectivity index (χ1n) is 11.0. The molecule has 0 spiro atoms. The zero-order valence-corrected chi connectivity index (χ0v) is 19.2. The second-order valence-electron chi connectivity index (χ2n) is 8.87. The number of amides is 1. The molecule has 6 nitrogen and oxygen atoms in total. The first-order valence-corrected chi connectivity index (χ1v) is 11.0. The molecular formula is C26H32FN3O3. The molecule has 3 N–H and O–H groups in total. The summed E-state index contributed by atoms with van der Waals surface area (Å²) in [4.78, 5) is 14.5.